The summed E-state index contributed by atoms with van der Waals surface area (Å²) in [7, 11) is 0. The summed E-state index contributed by atoms with van der Waals surface area (Å²) in [5, 5.41) is 3.63. The van der Waals surface area contributed by atoms with Gasteiger partial charge in [-0.25, -0.2) is 0 Å². The number of hydrogen-bond acceptors (Lipinski definition) is 1. The first-order valence-electron chi connectivity index (χ1n) is 6.06. The van der Waals surface area contributed by atoms with Gasteiger partial charge in [-0.1, -0.05) is 56.3 Å². The summed E-state index contributed by atoms with van der Waals surface area (Å²) in [5.74, 6) is 0. The quantitative estimate of drug-likeness (QED) is 0.747. The van der Waals surface area contributed by atoms with E-state index in [1.54, 1.807) is 0 Å². The molecular weight excluding hydrogens is 194 g/mol. The van der Waals surface area contributed by atoms with Gasteiger partial charge in [-0.2, -0.15) is 0 Å². The molecule has 1 aromatic carbocycles. The summed E-state index contributed by atoms with van der Waals surface area (Å²) in [4.78, 5) is 0. The number of rotatable bonds is 2. The fraction of sp³-hybridized carbons (Fsp3) is 0.467. The van der Waals surface area contributed by atoms with Gasteiger partial charge in [0.2, 0.25) is 0 Å². The molecule has 2 rings (SSSR count). The van der Waals surface area contributed by atoms with Crippen LogP contribution in [0.3, 0.4) is 0 Å². The lowest BCUT2D eigenvalue weighted by molar-refractivity contribution is 0.251. The van der Waals surface area contributed by atoms with E-state index in [4.69, 9.17) is 0 Å². The first kappa shape index (κ1) is 11.4. The van der Waals surface area contributed by atoms with E-state index in [0.29, 0.717) is 6.04 Å². The Hall–Kier alpha value is -1.08. The zero-order chi connectivity index (χ0) is 11.6. The molecule has 1 heterocycles. The first-order chi connectivity index (χ1) is 7.60. The summed E-state index contributed by atoms with van der Waals surface area (Å²) in [6, 6.07) is 11.2. The van der Waals surface area contributed by atoms with E-state index in [9.17, 15) is 0 Å². The summed E-state index contributed by atoms with van der Waals surface area (Å²) in [6.45, 7) is 9.89. The maximum absolute atomic E-state index is 4.22. The Morgan fingerprint density at radius 1 is 1.31 bits per heavy atom. The van der Waals surface area contributed by atoms with Crippen LogP contribution in [-0.4, -0.2) is 12.6 Å². The van der Waals surface area contributed by atoms with Crippen molar-refractivity contribution in [3.63, 3.8) is 0 Å². The molecule has 0 saturated carbocycles. The summed E-state index contributed by atoms with van der Waals surface area (Å²) in [5.41, 5.74) is 2.99. The third-order valence-corrected chi connectivity index (χ3v) is 3.88. The Morgan fingerprint density at radius 2 is 2.00 bits per heavy atom. The fourth-order valence-corrected chi connectivity index (χ4v) is 2.40. The van der Waals surface area contributed by atoms with Gasteiger partial charge in [-0.15, -0.1) is 0 Å². The Balaban J connectivity index is 2.12. The van der Waals surface area contributed by atoms with E-state index in [1.807, 2.05) is 0 Å². The maximum Gasteiger partial charge on any atom is 0.0196 e. The van der Waals surface area contributed by atoms with Crippen LogP contribution in [0.5, 0.6) is 0 Å². The standard InChI is InChI=1S/C15H21N/c1-12-9-10-16-14(15(12,2)3)11-13-7-5-4-6-8-13/h4-8,14,16H,1,9-11H2,2-3H3. The van der Waals surface area contributed by atoms with Gasteiger partial charge in [0.15, 0.2) is 0 Å². The average Bonchev–Trinajstić information content (AvgIpc) is 2.27. The number of piperidine rings is 1. The molecule has 0 bridgehead atoms. The molecule has 1 atom stereocenters. The molecular formula is C15H21N. The van der Waals surface area contributed by atoms with Crippen LogP contribution >= 0.6 is 0 Å². The van der Waals surface area contributed by atoms with E-state index < -0.39 is 0 Å². The van der Waals surface area contributed by atoms with Crippen molar-refractivity contribution in [2.45, 2.75) is 32.7 Å². The lowest BCUT2D eigenvalue weighted by Gasteiger charge is -2.41. The Labute approximate surface area is 98.6 Å². The molecule has 1 aromatic rings. The molecule has 0 aliphatic carbocycles. The highest BCUT2D eigenvalue weighted by Gasteiger charge is 2.34. The van der Waals surface area contributed by atoms with E-state index in [0.717, 1.165) is 19.4 Å². The molecule has 0 radical (unpaired) electrons. The van der Waals surface area contributed by atoms with E-state index in [-0.39, 0.29) is 5.41 Å². The zero-order valence-electron chi connectivity index (χ0n) is 10.3. The Morgan fingerprint density at radius 3 is 2.69 bits per heavy atom. The normalized spacial score (nSPS) is 24.4. The highest BCUT2D eigenvalue weighted by Crippen LogP contribution is 2.35. The molecule has 1 N–H and O–H groups in total. The van der Waals surface area contributed by atoms with Gasteiger partial charge in [-0.3, -0.25) is 0 Å². The highest BCUT2D eigenvalue weighted by atomic mass is 14.9. The number of benzene rings is 1. The topological polar surface area (TPSA) is 12.0 Å². The minimum absolute atomic E-state index is 0.202. The molecule has 0 amide bonds. The second kappa shape index (κ2) is 4.42. The summed E-state index contributed by atoms with van der Waals surface area (Å²) in [6.07, 6.45) is 2.20. The molecule has 16 heavy (non-hydrogen) atoms. The van der Waals surface area contributed by atoms with Crippen LogP contribution in [0.25, 0.3) is 0 Å². The van der Waals surface area contributed by atoms with Crippen LogP contribution < -0.4 is 5.32 Å². The van der Waals surface area contributed by atoms with Crippen molar-refractivity contribution in [1.29, 1.82) is 0 Å². The van der Waals surface area contributed by atoms with Crippen LogP contribution in [0.15, 0.2) is 42.5 Å². The summed E-state index contributed by atoms with van der Waals surface area (Å²) < 4.78 is 0. The van der Waals surface area contributed by atoms with Crippen molar-refractivity contribution in [3.8, 4) is 0 Å². The summed E-state index contributed by atoms with van der Waals surface area (Å²) >= 11 is 0. The second-order valence-electron chi connectivity index (χ2n) is 5.27. The van der Waals surface area contributed by atoms with E-state index in [2.05, 4.69) is 56.1 Å². The van der Waals surface area contributed by atoms with E-state index in [1.165, 1.54) is 11.1 Å². The molecule has 1 fully saturated rings. The Bertz CT molecular complexity index is 364. The van der Waals surface area contributed by atoms with Gasteiger partial charge in [-0.05, 0) is 24.9 Å². The van der Waals surface area contributed by atoms with Crippen molar-refractivity contribution >= 4 is 0 Å². The average molecular weight is 215 g/mol. The van der Waals surface area contributed by atoms with Crippen LogP contribution in [0.2, 0.25) is 0 Å². The van der Waals surface area contributed by atoms with E-state index >= 15 is 0 Å². The molecule has 1 nitrogen and oxygen atoms in total. The molecule has 1 heteroatoms. The van der Waals surface area contributed by atoms with Crippen molar-refractivity contribution in [2.24, 2.45) is 5.41 Å². The molecule has 86 valence electrons. The maximum atomic E-state index is 4.22. The van der Waals surface area contributed by atoms with Gasteiger partial charge < -0.3 is 5.32 Å². The van der Waals surface area contributed by atoms with Gasteiger partial charge in [0.25, 0.3) is 0 Å². The Kier molecular flexibility index (Phi) is 3.15. The minimum atomic E-state index is 0.202. The lowest BCUT2D eigenvalue weighted by atomic mass is 9.72. The van der Waals surface area contributed by atoms with Crippen LogP contribution in [0, 0.1) is 5.41 Å². The second-order valence-corrected chi connectivity index (χ2v) is 5.27. The third kappa shape index (κ3) is 2.19. The predicted molar refractivity (Wildman–Crippen MR) is 69.5 cm³/mol. The molecule has 1 saturated heterocycles. The fourth-order valence-electron chi connectivity index (χ4n) is 2.40. The van der Waals surface area contributed by atoms with Crippen molar-refractivity contribution in [3.05, 3.63) is 48.0 Å². The molecule has 1 unspecified atom stereocenters. The monoisotopic (exact) mass is 215 g/mol. The van der Waals surface area contributed by atoms with Gasteiger partial charge in [0.1, 0.15) is 0 Å². The predicted octanol–water partition coefficient (Wildman–Crippen LogP) is 3.17. The molecule has 1 aliphatic rings. The van der Waals surface area contributed by atoms with Crippen LogP contribution in [-0.2, 0) is 6.42 Å². The lowest BCUT2D eigenvalue weighted by Crippen LogP contribution is -2.49. The molecule has 1 aliphatic heterocycles. The first-order valence-corrected chi connectivity index (χ1v) is 6.06. The zero-order valence-corrected chi connectivity index (χ0v) is 10.3. The van der Waals surface area contributed by atoms with Gasteiger partial charge in [0, 0.05) is 11.5 Å². The largest absolute Gasteiger partial charge is 0.312 e. The smallest absolute Gasteiger partial charge is 0.0196 e. The van der Waals surface area contributed by atoms with Gasteiger partial charge in [0.05, 0.1) is 0 Å². The van der Waals surface area contributed by atoms with Crippen molar-refractivity contribution in [2.75, 3.05) is 6.54 Å². The third-order valence-electron chi connectivity index (χ3n) is 3.88. The SMILES string of the molecule is C=C1CCNC(Cc2ccccc2)C1(C)C. The highest BCUT2D eigenvalue weighted by molar-refractivity contribution is 5.21. The minimum Gasteiger partial charge on any atom is -0.312 e. The van der Waals surface area contributed by atoms with Crippen LogP contribution in [0.1, 0.15) is 25.8 Å². The number of nitrogens with one attached hydrogen (secondary N) is 1. The van der Waals surface area contributed by atoms with Crippen molar-refractivity contribution in [1.82, 2.24) is 5.32 Å². The number of hydrogen-bond donors (Lipinski definition) is 1. The molecule has 0 aromatic heterocycles. The molecule has 0 spiro atoms. The van der Waals surface area contributed by atoms with Crippen LogP contribution in [0.4, 0.5) is 0 Å². The van der Waals surface area contributed by atoms with Gasteiger partial charge >= 0.3 is 0 Å². The van der Waals surface area contributed by atoms with Crippen molar-refractivity contribution < 1.29 is 0 Å².